The van der Waals surface area contributed by atoms with E-state index in [-0.39, 0.29) is 5.82 Å². The molecule has 0 aliphatic carbocycles. The fourth-order valence-electron chi connectivity index (χ4n) is 3.38. The van der Waals surface area contributed by atoms with Gasteiger partial charge in [0.1, 0.15) is 5.82 Å². The van der Waals surface area contributed by atoms with Crippen molar-refractivity contribution in [3.05, 3.63) is 84.8 Å². The van der Waals surface area contributed by atoms with Gasteiger partial charge in [-0.2, -0.15) is 0 Å². The number of benzene rings is 4. The average molecular weight is 324 g/mol. The van der Waals surface area contributed by atoms with Crippen molar-refractivity contribution in [3.8, 4) is 11.3 Å². The lowest BCUT2D eigenvalue weighted by molar-refractivity contribution is 0.628. The van der Waals surface area contributed by atoms with Crippen molar-refractivity contribution in [2.45, 2.75) is 0 Å². The van der Waals surface area contributed by atoms with Crippen LogP contribution in [0, 0.1) is 5.82 Å². The summed E-state index contributed by atoms with van der Waals surface area (Å²) < 4.78 is 13.2. The fraction of sp³-hybridized carbons (Fsp3) is 0. The normalized spacial score (nSPS) is 11.4. The Morgan fingerprint density at radius 2 is 1.16 bits per heavy atom. The molecule has 5 aromatic rings. The summed E-state index contributed by atoms with van der Waals surface area (Å²) in [6.07, 6.45) is 1.76. The fourth-order valence-corrected chi connectivity index (χ4v) is 3.38. The van der Waals surface area contributed by atoms with Crippen molar-refractivity contribution in [3.63, 3.8) is 0 Å². The van der Waals surface area contributed by atoms with Gasteiger partial charge in [0.05, 0.1) is 22.9 Å². The van der Waals surface area contributed by atoms with Crippen LogP contribution in [0.5, 0.6) is 0 Å². The highest BCUT2D eigenvalue weighted by molar-refractivity contribution is 6.23. The minimum atomic E-state index is -0.256. The van der Waals surface area contributed by atoms with Gasteiger partial charge in [-0.3, -0.25) is 4.98 Å². The van der Waals surface area contributed by atoms with E-state index < -0.39 is 0 Å². The Labute approximate surface area is 143 Å². The Morgan fingerprint density at radius 3 is 1.80 bits per heavy atom. The SMILES string of the molecule is Fc1ccc(-c2cnc3c4ccccc4c4ccccc4c3n2)cc1. The molecule has 0 spiro atoms. The van der Waals surface area contributed by atoms with E-state index in [0.29, 0.717) is 0 Å². The lowest BCUT2D eigenvalue weighted by Gasteiger charge is -2.10. The molecule has 0 bridgehead atoms. The molecule has 1 aromatic heterocycles. The first-order valence-corrected chi connectivity index (χ1v) is 8.13. The Bertz CT molecular complexity index is 1210. The Kier molecular flexibility index (Phi) is 3.01. The molecule has 0 N–H and O–H groups in total. The maximum atomic E-state index is 13.2. The van der Waals surface area contributed by atoms with Crippen molar-refractivity contribution in [1.82, 2.24) is 9.97 Å². The summed E-state index contributed by atoms with van der Waals surface area (Å²) in [4.78, 5) is 9.57. The molecule has 0 amide bonds. The summed E-state index contributed by atoms with van der Waals surface area (Å²) in [5.41, 5.74) is 3.36. The summed E-state index contributed by atoms with van der Waals surface area (Å²) in [7, 11) is 0. The molecule has 0 atom stereocenters. The summed E-state index contributed by atoms with van der Waals surface area (Å²) in [5.74, 6) is -0.256. The van der Waals surface area contributed by atoms with Gasteiger partial charge in [-0.05, 0) is 35.0 Å². The number of nitrogens with zero attached hydrogens (tertiary/aromatic N) is 2. The summed E-state index contributed by atoms with van der Waals surface area (Å²) >= 11 is 0. The third-order valence-corrected chi connectivity index (χ3v) is 4.57. The van der Waals surface area contributed by atoms with Crippen LogP contribution < -0.4 is 0 Å². The number of fused-ring (bicyclic) bond motifs is 6. The molecule has 0 fully saturated rings. The quantitative estimate of drug-likeness (QED) is 0.367. The minimum Gasteiger partial charge on any atom is -0.252 e. The molecular weight excluding hydrogens is 311 g/mol. The van der Waals surface area contributed by atoms with E-state index >= 15 is 0 Å². The predicted octanol–water partition coefficient (Wildman–Crippen LogP) is 5.74. The van der Waals surface area contributed by atoms with E-state index in [1.807, 2.05) is 24.3 Å². The second-order valence-corrected chi connectivity index (χ2v) is 6.05. The van der Waals surface area contributed by atoms with Crippen LogP contribution in [0.3, 0.4) is 0 Å². The zero-order chi connectivity index (χ0) is 16.8. The van der Waals surface area contributed by atoms with E-state index in [1.54, 1.807) is 18.3 Å². The van der Waals surface area contributed by atoms with Gasteiger partial charge in [0, 0.05) is 16.3 Å². The predicted molar refractivity (Wildman–Crippen MR) is 99.9 cm³/mol. The van der Waals surface area contributed by atoms with Gasteiger partial charge in [-0.1, -0.05) is 48.5 Å². The van der Waals surface area contributed by atoms with Crippen molar-refractivity contribution in [1.29, 1.82) is 0 Å². The maximum Gasteiger partial charge on any atom is 0.123 e. The molecule has 0 saturated heterocycles. The van der Waals surface area contributed by atoms with Gasteiger partial charge < -0.3 is 0 Å². The van der Waals surface area contributed by atoms with E-state index in [4.69, 9.17) is 9.97 Å². The Balaban J connectivity index is 1.91. The lowest BCUT2D eigenvalue weighted by Crippen LogP contribution is -1.92. The number of aromatic nitrogens is 2. The molecule has 2 nitrogen and oxygen atoms in total. The average Bonchev–Trinajstić information content (AvgIpc) is 2.68. The number of halogens is 1. The first kappa shape index (κ1) is 14.1. The van der Waals surface area contributed by atoms with Gasteiger partial charge in [0.15, 0.2) is 0 Å². The zero-order valence-corrected chi connectivity index (χ0v) is 13.3. The standard InChI is InChI=1S/C22H13FN2/c23-15-11-9-14(10-12-15)20-13-24-21-18-7-3-1-5-16(18)17-6-2-4-8-19(17)22(21)25-20/h1-13H. The lowest BCUT2D eigenvalue weighted by atomic mass is 9.99. The maximum absolute atomic E-state index is 13.2. The molecule has 4 aromatic carbocycles. The highest BCUT2D eigenvalue weighted by Crippen LogP contribution is 2.33. The molecule has 0 unspecified atom stereocenters. The van der Waals surface area contributed by atoms with Crippen LogP contribution in [0.4, 0.5) is 4.39 Å². The first-order chi connectivity index (χ1) is 12.3. The molecule has 25 heavy (non-hydrogen) atoms. The number of hydrogen-bond acceptors (Lipinski definition) is 2. The molecule has 118 valence electrons. The van der Waals surface area contributed by atoms with Crippen LogP contribution in [0.2, 0.25) is 0 Å². The first-order valence-electron chi connectivity index (χ1n) is 8.13. The van der Waals surface area contributed by atoms with E-state index in [0.717, 1.165) is 38.4 Å². The van der Waals surface area contributed by atoms with Crippen LogP contribution in [0.1, 0.15) is 0 Å². The van der Waals surface area contributed by atoms with Gasteiger partial charge >= 0.3 is 0 Å². The molecule has 0 radical (unpaired) electrons. The van der Waals surface area contributed by atoms with Crippen molar-refractivity contribution >= 4 is 32.6 Å². The Morgan fingerprint density at radius 1 is 0.600 bits per heavy atom. The Hall–Kier alpha value is -3.33. The molecule has 0 aliphatic heterocycles. The second kappa shape index (κ2) is 5.35. The van der Waals surface area contributed by atoms with Gasteiger partial charge in [0.2, 0.25) is 0 Å². The topological polar surface area (TPSA) is 25.8 Å². The molecular formula is C22H13FN2. The van der Waals surface area contributed by atoms with Gasteiger partial charge in [-0.25, -0.2) is 9.37 Å². The molecule has 0 saturated carbocycles. The van der Waals surface area contributed by atoms with Gasteiger partial charge in [0.25, 0.3) is 0 Å². The highest BCUT2D eigenvalue weighted by atomic mass is 19.1. The molecule has 0 aliphatic rings. The van der Waals surface area contributed by atoms with Crippen LogP contribution in [0.25, 0.3) is 43.8 Å². The van der Waals surface area contributed by atoms with E-state index in [2.05, 4.69) is 24.3 Å². The third kappa shape index (κ3) is 2.17. The van der Waals surface area contributed by atoms with Crippen LogP contribution >= 0.6 is 0 Å². The molecule has 5 rings (SSSR count). The van der Waals surface area contributed by atoms with Crippen molar-refractivity contribution in [2.24, 2.45) is 0 Å². The zero-order valence-electron chi connectivity index (χ0n) is 13.3. The second-order valence-electron chi connectivity index (χ2n) is 6.05. The van der Waals surface area contributed by atoms with E-state index in [1.165, 1.54) is 17.5 Å². The number of rotatable bonds is 1. The van der Waals surface area contributed by atoms with Crippen LogP contribution in [-0.4, -0.2) is 9.97 Å². The summed E-state index contributed by atoms with van der Waals surface area (Å²) in [6, 6.07) is 22.9. The van der Waals surface area contributed by atoms with Crippen molar-refractivity contribution < 1.29 is 4.39 Å². The molecule has 1 heterocycles. The number of hydrogen-bond donors (Lipinski definition) is 0. The van der Waals surface area contributed by atoms with Crippen molar-refractivity contribution in [2.75, 3.05) is 0 Å². The summed E-state index contributed by atoms with van der Waals surface area (Å²) in [5, 5.41) is 4.51. The largest absolute Gasteiger partial charge is 0.252 e. The van der Waals surface area contributed by atoms with Gasteiger partial charge in [-0.15, -0.1) is 0 Å². The monoisotopic (exact) mass is 324 g/mol. The van der Waals surface area contributed by atoms with Crippen LogP contribution in [0.15, 0.2) is 79.0 Å². The van der Waals surface area contributed by atoms with Crippen LogP contribution in [-0.2, 0) is 0 Å². The highest BCUT2D eigenvalue weighted by Gasteiger charge is 2.11. The summed E-state index contributed by atoms with van der Waals surface area (Å²) in [6.45, 7) is 0. The minimum absolute atomic E-state index is 0.256. The van der Waals surface area contributed by atoms with E-state index in [9.17, 15) is 4.39 Å². The smallest absolute Gasteiger partial charge is 0.123 e. The molecule has 3 heteroatoms. The third-order valence-electron chi connectivity index (χ3n) is 4.57.